The minimum absolute atomic E-state index is 0.00817. The molecule has 4 rings (SSSR count). The maximum Gasteiger partial charge on any atom is 0.422 e. The summed E-state index contributed by atoms with van der Waals surface area (Å²) in [7, 11) is 1.80. The third-order valence-electron chi connectivity index (χ3n) is 5.36. The molecule has 1 unspecified atom stereocenters. The van der Waals surface area contributed by atoms with E-state index >= 15 is 0 Å². The Morgan fingerprint density at radius 1 is 1.15 bits per heavy atom. The van der Waals surface area contributed by atoms with Gasteiger partial charge < -0.3 is 9.84 Å². The highest BCUT2D eigenvalue weighted by atomic mass is 19.4. The van der Waals surface area contributed by atoms with Crippen LogP contribution in [0.25, 0.3) is 11.1 Å². The van der Waals surface area contributed by atoms with Crippen LogP contribution >= 0.6 is 0 Å². The molecule has 0 saturated heterocycles. The number of halogens is 3. The van der Waals surface area contributed by atoms with Crippen molar-refractivity contribution < 1.29 is 27.8 Å². The fourth-order valence-electron chi connectivity index (χ4n) is 4.00. The zero-order chi connectivity index (χ0) is 23.8. The van der Waals surface area contributed by atoms with E-state index in [0.717, 1.165) is 16.7 Å². The maximum absolute atomic E-state index is 12.8. The Bertz CT molecular complexity index is 1150. The number of allylic oxidation sites excluding steroid dienone is 2. The molecule has 0 spiro atoms. The Hall–Kier alpha value is -3.75. The number of aliphatic imine (C=N–C) groups is 1. The summed E-state index contributed by atoms with van der Waals surface area (Å²) in [6, 6.07) is 13.4. The van der Waals surface area contributed by atoms with Gasteiger partial charge in [-0.2, -0.15) is 18.2 Å². The monoisotopic (exact) mass is 457 g/mol. The number of carboxylic acid groups (broad SMARTS) is 1. The Balaban J connectivity index is 1.59. The van der Waals surface area contributed by atoms with Gasteiger partial charge >= 0.3 is 12.1 Å². The van der Waals surface area contributed by atoms with Gasteiger partial charge in [0.05, 0.1) is 5.56 Å². The number of nitrogens with zero attached hydrogens (tertiary/aromatic N) is 3. The fraction of sp³-hybridized carbons (Fsp3) is 0.250. The number of ether oxygens (including phenoxy) is 1. The zero-order valence-electron chi connectivity index (χ0n) is 18.0. The van der Waals surface area contributed by atoms with Gasteiger partial charge in [-0.1, -0.05) is 42.5 Å². The van der Waals surface area contributed by atoms with E-state index in [1.54, 1.807) is 59.5 Å². The molecule has 0 bridgehead atoms. The summed E-state index contributed by atoms with van der Waals surface area (Å²) in [5.74, 6) is -0.486. The number of fused-ring (bicyclic) bond motifs is 1. The van der Waals surface area contributed by atoms with E-state index in [4.69, 9.17) is 4.74 Å². The molecule has 9 heteroatoms. The minimum Gasteiger partial charge on any atom is -0.478 e. The largest absolute Gasteiger partial charge is 0.478 e. The molecule has 0 amide bonds. The van der Waals surface area contributed by atoms with Crippen molar-refractivity contribution >= 4 is 11.9 Å². The Kier molecular flexibility index (Phi) is 5.88. The van der Waals surface area contributed by atoms with Crippen LogP contribution in [0, 0.1) is 0 Å². The second kappa shape index (κ2) is 8.65. The van der Waals surface area contributed by atoms with Crippen LogP contribution in [0.2, 0.25) is 0 Å². The third kappa shape index (κ3) is 4.87. The predicted molar refractivity (Wildman–Crippen MR) is 117 cm³/mol. The average molecular weight is 457 g/mol. The first kappa shape index (κ1) is 22.4. The molecule has 0 fully saturated rings. The molecule has 6 nitrogen and oxygen atoms in total. The van der Waals surface area contributed by atoms with Crippen LogP contribution in [0.1, 0.15) is 22.8 Å². The first-order valence-corrected chi connectivity index (χ1v) is 10.2. The van der Waals surface area contributed by atoms with Crippen LogP contribution in [0.3, 0.4) is 0 Å². The SMILES string of the molecule is CC1=CN(C)N2C(=C1)N=C(OCC(F)(F)F)C2Cc1ccc(-c2ccccc2C(=O)O)cc1. The van der Waals surface area contributed by atoms with Crippen molar-refractivity contribution in [3.05, 3.63) is 83.3 Å². The number of benzene rings is 2. The van der Waals surface area contributed by atoms with Gasteiger partial charge in [-0.15, -0.1) is 0 Å². The lowest BCUT2D eigenvalue weighted by molar-refractivity contribution is -0.157. The van der Waals surface area contributed by atoms with Crippen LogP contribution in [0.15, 0.2) is 77.2 Å². The second-order valence-corrected chi connectivity index (χ2v) is 7.92. The molecule has 33 heavy (non-hydrogen) atoms. The molecular formula is C24H22F3N3O3. The smallest absolute Gasteiger partial charge is 0.422 e. The predicted octanol–water partition coefficient (Wildman–Crippen LogP) is 4.86. The summed E-state index contributed by atoms with van der Waals surface area (Å²) in [6.07, 6.45) is -0.455. The standard InChI is InChI=1S/C24H22F3N3O3/c1-15-11-21-28-22(33-14-24(25,26)27)20(30(21)29(2)13-15)12-16-7-9-17(10-8-16)18-5-3-4-6-19(18)23(31)32/h3-11,13,20H,12,14H2,1-2H3,(H,31,32). The number of hydrogen-bond donors (Lipinski definition) is 1. The molecule has 2 heterocycles. The number of alkyl halides is 3. The fourth-order valence-corrected chi connectivity index (χ4v) is 4.00. The van der Waals surface area contributed by atoms with E-state index in [-0.39, 0.29) is 11.5 Å². The van der Waals surface area contributed by atoms with E-state index in [1.165, 1.54) is 0 Å². The van der Waals surface area contributed by atoms with Crippen LogP contribution in [-0.4, -0.2) is 52.9 Å². The Morgan fingerprint density at radius 3 is 2.52 bits per heavy atom. The highest BCUT2D eigenvalue weighted by Crippen LogP contribution is 2.32. The Labute approximate surface area is 188 Å². The second-order valence-electron chi connectivity index (χ2n) is 7.92. The first-order chi connectivity index (χ1) is 15.6. The molecule has 2 aliphatic rings. The summed E-state index contributed by atoms with van der Waals surface area (Å²) in [5, 5.41) is 13.0. The molecule has 0 radical (unpaired) electrons. The molecule has 2 aromatic carbocycles. The number of carbonyl (C=O) groups is 1. The number of hydrazine groups is 1. The van der Waals surface area contributed by atoms with Crippen molar-refractivity contribution in [2.45, 2.75) is 25.6 Å². The summed E-state index contributed by atoms with van der Waals surface area (Å²) in [4.78, 5) is 15.8. The topological polar surface area (TPSA) is 65.4 Å². The number of carboxylic acids is 1. The highest BCUT2D eigenvalue weighted by molar-refractivity contribution is 5.96. The summed E-state index contributed by atoms with van der Waals surface area (Å²) >= 11 is 0. The molecule has 172 valence electrons. The van der Waals surface area contributed by atoms with Gasteiger partial charge in [-0.05, 0) is 41.3 Å². The van der Waals surface area contributed by atoms with Crippen LogP contribution in [0.4, 0.5) is 13.2 Å². The van der Waals surface area contributed by atoms with E-state index < -0.39 is 24.8 Å². The normalized spacial score (nSPS) is 17.8. The Morgan fingerprint density at radius 2 is 1.85 bits per heavy atom. The molecule has 2 aromatic rings. The quantitative estimate of drug-likeness (QED) is 0.695. The zero-order valence-corrected chi connectivity index (χ0v) is 18.0. The summed E-state index contributed by atoms with van der Waals surface area (Å²) < 4.78 is 43.5. The minimum atomic E-state index is -4.47. The van der Waals surface area contributed by atoms with Crippen molar-refractivity contribution in [3.8, 4) is 11.1 Å². The van der Waals surface area contributed by atoms with Gasteiger partial charge in [0.25, 0.3) is 0 Å². The van der Waals surface area contributed by atoms with Crippen molar-refractivity contribution in [2.24, 2.45) is 4.99 Å². The van der Waals surface area contributed by atoms with Gasteiger partial charge in [0.1, 0.15) is 6.04 Å². The van der Waals surface area contributed by atoms with Crippen LogP contribution in [0.5, 0.6) is 0 Å². The number of hydrogen-bond acceptors (Lipinski definition) is 5. The van der Waals surface area contributed by atoms with Crippen LogP contribution < -0.4 is 0 Å². The van der Waals surface area contributed by atoms with Gasteiger partial charge in [-0.25, -0.2) is 4.79 Å². The van der Waals surface area contributed by atoms with Crippen molar-refractivity contribution in [1.82, 2.24) is 10.0 Å². The summed E-state index contributed by atoms with van der Waals surface area (Å²) in [6.45, 7) is 0.470. The van der Waals surface area contributed by atoms with Gasteiger partial charge in [0.2, 0.25) is 5.90 Å². The lowest BCUT2D eigenvalue weighted by atomic mass is 9.97. The highest BCUT2D eigenvalue weighted by Gasteiger charge is 2.39. The van der Waals surface area contributed by atoms with Gasteiger partial charge in [0, 0.05) is 19.7 Å². The van der Waals surface area contributed by atoms with Gasteiger partial charge in [-0.3, -0.25) is 10.0 Å². The molecule has 2 aliphatic heterocycles. The van der Waals surface area contributed by atoms with Crippen LogP contribution in [-0.2, 0) is 11.2 Å². The molecule has 1 N–H and O–H groups in total. The maximum atomic E-state index is 12.8. The van der Waals surface area contributed by atoms with Gasteiger partial charge in [0.15, 0.2) is 12.4 Å². The first-order valence-electron chi connectivity index (χ1n) is 10.2. The van der Waals surface area contributed by atoms with Crippen molar-refractivity contribution in [3.63, 3.8) is 0 Å². The van der Waals surface area contributed by atoms with E-state index in [9.17, 15) is 23.1 Å². The molecule has 0 aliphatic carbocycles. The summed E-state index contributed by atoms with van der Waals surface area (Å²) in [5.41, 5.74) is 3.29. The van der Waals surface area contributed by atoms with E-state index in [0.29, 0.717) is 17.8 Å². The third-order valence-corrected chi connectivity index (χ3v) is 5.36. The molecule has 0 aromatic heterocycles. The van der Waals surface area contributed by atoms with E-state index in [2.05, 4.69) is 4.99 Å². The van der Waals surface area contributed by atoms with Crippen molar-refractivity contribution in [2.75, 3.05) is 13.7 Å². The number of aromatic carboxylic acids is 1. The number of rotatable bonds is 5. The molecular weight excluding hydrogens is 435 g/mol. The van der Waals surface area contributed by atoms with E-state index in [1.807, 2.05) is 25.3 Å². The lowest BCUT2D eigenvalue weighted by Crippen LogP contribution is -2.46. The lowest BCUT2D eigenvalue weighted by Gasteiger charge is -2.37. The average Bonchev–Trinajstić information content (AvgIpc) is 3.09. The molecule has 0 saturated carbocycles. The van der Waals surface area contributed by atoms with Crippen molar-refractivity contribution in [1.29, 1.82) is 0 Å². The molecule has 1 atom stereocenters.